The molecular weight excluding hydrogens is 513 g/mol. The van der Waals surface area contributed by atoms with Gasteiger partial charge in [0.05, 0.1) is 0 Å². The van der Waals surface area contributed by atoms with Gasteiger partial charge in [-0.3, -0.25) is 26.6 Å². The lowest BCUT2D eigenvalue weighted by atomic mass is 9.88. The Hall–Kier alpha value is -0.820. The van der Waals surface area contributed by atoms with Crippen LogP contribution in [0.2, 0.25) is 0 Å². The van der Waals surface area contributed by atoms with Crippen LogP contribution in [0, 0.1) is 5.92 Å². The highest BCUT2D eigenvalue weighted by atomic mass is 32.2. The van der Waals surface area contributed by atoms with E-state index in [0.717, 1.165) is 0 Å². The third-order valence-electron chi connectivity index (χ3n) is 6.26. The van der Waals surface area contributed by atoms with Gasteiger partial charge in [0.15, 0.2) is 6.35 Å². The Bertz CT molecular complexity index is 772. The SMILES string of the molecule is O=S(=O)(N1CCC(NC2NC(NCC3CCC(F)CC3)NC(OCC(F)(F)F)N2)CC1)C(F)(F)F. The van der Waals surface area contributed by atoms with E-state index in [-0.39, 0.29) is 31.8 Å². The van der Waals surface area contributed by atoms with Gasteiger partial charge in [0.1, 0.15) is 25.4 Å². The first kappa shape index (κ1) is 28.7. The van der Waals surface area contributed by atoms with Gasteiger partial charge in [0, 0.05) is 25.7 Å². The molecule has 2 saturated heterocycles. The first-order valence-corrected chi connectivity index (χ1v) is 12.8. The van der Waals surface area contributed by atoms with Crippen LogP contribution in [0.15, 0.2) is 0 Å². The quantitative estimate of drug-likeness (QED) is 0.291. The molecule has 0 amide bonds. The van der Waals surface area contributed by atoms with Crippen LogP contribution in [0.25, 0.3) is 0 Å². The average Bonchev–Trinajstić information content (AvgIpc) is 2.76. The first-order valence-electron chi connectivity index (χ1n) is 11.4. The predicted molar refractivity (Wildman–Crippen MR) is 110 cm³/mol. The lowest BCUT2D eigenvalue weighted by molar-refractivity contribution is -0.199. The highest BCUT2D eigenvalue weighted by Gasteiger charge is 2.50. The molecule has 1 aliphatic carbocycles. The van der Waals surface area contributed by atoms with Crippen molar-refractivity contribution in [2.75, 3.05) is 26.2 Å². The summed E-state index contributed by atoms with van der Waals surface area (Å²) in [5, 5.41) is 14.8. The molecule has 2 heterocycles. The van der Waals surface area contributed by atoms with E-state index in [4.69, 9.17) is 4.74 Å². The minimum Gasteiger partial charge on any atom is -0.340 e. The van der Waals surface area contributed by atoms with Crippen LogP contribution in [-0.2, 0) is 14.8 Å². The highest BCUT2D eigenvalue weighted by Crippen LogP contribution is 2.29. The van der Waals surface area contributed by atoms with E-state index < -0.39 is 59.5 Å². The zero-order valence-corrected chi connectivity index (χ0v) is 19.6. The van der Waals surface area contributed by atoms with Gasteiger partial charge in [0.2, 0.25) is 0 Å². The van der Waals surface area contributed by atoms with E-state index in [1.54, 1.807) is 0 Å². The van der Waals surface area contributed by atoms with Gasteiger partial charge < -0.3 is 4.74 Å². The second-order valence-corrected chi connectivity index (χ2v) is 10.9. The number of ether oxygens (including phenoxy) is 1. The van der Waals surface area contributed by atoms with Crippen LogP contribution >= 0.6 is 0 Å². The van der Waals surface area contributed by atoms with Crippen molar-refractivity contribution in [3.63, 3.8) is 0 Å². The zero-order chi connectivity index (χ0) is 25.9. The summed E-state index contributed by atoms with van der Waals surface area (Å²) in [5.74, 6) is 0.210. The van der Waals surface area contributed by atoms with E-state index in [9.17, 15) is 39.2 Å². The number of hydrogen-bond acceptors (Lipinski definition) is 8. The molecule has 0 radical (unpaired) electrons. The van der Waals surface area contributed by atoms with Crippen LogP contribution in [0.5, 0.6) is 0 Å². The van der Waals surface area contributed by atoms with Gasteiger partial charge in [-0.15, -0.1) is 0 Å². The van der Waals surface area contributed by atoms with Crippen molar-refractivity contribution in [3.05, 3.63) is 0 Å². The van der Waals surface area contributed by atoms with Crippen LogP contribution in [0.4, 0.5) is 30.7 Å². The molecule has 206 valence electrons. The van der Waals surface area contributed by atoms with Crippen LogP contribution in [0.3, 0.4) is 0 Å². The minimum absolute atomic E-state index is 0.0707. The monoisotopic (exact) mass is 544 g/mol. The maximum atomic E-state index is 13.3. The van der Waals surface area contributed by atoms with Gasteiger partial charge in [-0.1, -0.05) is 0 Å². The second kappa shape index (κ2) is 11.7. The Morgan fingerprint density at radius 2 is 1.49 bits per heavy atom. The van der Waals surface area contributed by atoms with E-state index in [1.807, 2.05) is 0 Å². The Labute approximate surface area is 198 Å². The molecule has 0 aromatic heterocycles. The number of nitrogens with one attached hydrogen (secondary N) is 5. The van der Waals surface area contributed by atoms with Crippen LogP contribution in [0.1, 0.15) is 38.5 Å². The molecule has 3 aliphatic rings. The smallest absolute Gasteiger partial charge is 0.340 e. The molecule has 0 aromatic rings. The molecular formula is C18H31F7N6O3S. The molecule has 3 fully saturated rings. The number of rotatable bonds is 8. The standard InChI is InChI=1S/C18H31F7N6O3S/c19-12-3-1-11(2-4-12)9-26-14-28-15(30-16(29-14)34-10-17(20,21)22)27-13-5-7-31(8-6-13)35(32,33)18(23,24)25/h11-16,26-30H,1-10H2. The zero-order valence-electron chi connectivity index (χ0n) is 18.8. The lowest BCUT2D eigenvalue weighted by Crippen LogP contribution is -2.76. The molecule has 3 unspecified atom stereocenters. The Morgan fingerprint density at radius 3 is 2.06 bits per heavy atom. The molecule has 0 spiro atoms. The van der Waals surface area contributed by atoms with E-state index >= 15 is 0 Å². The van der Waals surface area contributed by atoms with Crippen molar-refractivity contribution in [2.24, 2.45) is 5.92 Å². The summed E-state index contributed by atoms with van der Waals surface area (Å²) in [4.78, 5) is 0. The molecule has 2 aliphatic heterocycles. The molecule has 17 heteroatoms. The van der Waals surface area contributed by atoms with E-state index in [1.165, 1.54) is 0 Å². The Morgan fingerprint density at radius 1 is 0.886 bits per heavy atom. The van der Waals surface area contributed by atoms with Crippen LogP contribution in [-0.4, -0.2) is 81.8 Å². The van der Waals surface area contributed by atoms with Crippen molar-refractivity contribution in [3.8, 4) is 0 Å². The highest BCUT2D eigenvalue weighted by molar-refractivity contribution is 7.90. The number of hydrogen-bond donors (Lipinski definition) is 5. The predicted octanol–water partition coefficient (Wildman–Crippen LogP) is 1.22. The molecule has 1 saturated carbocycles. The Kier molecular flexibility index (Phi) is 9.61. The fourth-order valence-electron chi connectivity index (χ4n) is 4.36. The molecule has 0 aromatic carbocycles. The van der Waals surface area contributed by atoms with Gasteiger partial charge in [-0.2, -0.15) is 30.6 Å². The van der Waals surface area contributed by atoms with Crippen molar-refractivity contribution in [1.82, 2.24) is 30.9 Å². The number of nitrogens with zero attached hydrogens (tertiary/aromatic N) is 1. The Balaban J connectivity index is 1.53. The normalized spacial score (nSPS) is 32.6. The molecule has 0 bridgehead atoms. The van der Waals surface area contributed by atoms with Crippen molar-refractivity contribution in [2.45, 2.75) is 81.4 Å². The molecule has 3 atom stereocenters. The number of sulfonamides is 1. The fraction of sp³-hybridized carbons (Fsp3) is 1.00. The maximum absolute atomic E-state index is 13.3. The van der Waals surface area contributed by atoms with Crippen LogP contribution < -0.4 is 26.6 Å². The topological polar surface area (TPSA) is 107 Å². The number of halogens is 7. The maximum Gasteiger partial charge on any atom is 0.511 e. The molecule has 5 N–H and O–H groups in total. The van der Waals surface area contributed by atoms with E-state index in [0.29, 0.717) is 36.5 Å². The van der Waals surface area contributed by atoms with Crippen molar-refractivity contribution >= 4 is 10.0 Å². The van der Waals surface area contributed by atoms with E-state index in [2.05, 4.69) is 26.6 Å². The summed E-state index contributed by atoms with van der Waals surface area (Å²) in [7, 11) is -5.41. The summed E-state index contributed by atoms with van der Waals surface area (Å²) in [5.41, 5.74) is -5.38. The third-order valence-corrected chi connectivity index (χ3v) is 7.89. The van der Waals surface area contributed by atoms with Gasteiger partial charge >= 0.3 is 21.7 Å². The average molecular weight is 545 g/mol. The fourth-order valence-corrected chi connectivity index (χ4v) is 5.34. The van der Waals surface area contributed by atoms with Crippen molar-refractivity contribution in [1.29, 1.82) is 0 Å². The summed E-state index contributed by atoms with van der Waals surface area (Å²) in [6, 6.07) is -0.401. The second-order valence-electron chi connectivity index (χ2n) is 8.99. The summed E-state index contributed by atoms with van der Waals surface area (Å²) >= 11 is 0. The largest absolute Gasteiger partial charge is 0.511 e. The summed E-state index contributed by atoms with van der Waals surface area (Å²) in [6.07, 6.45) is -5.60. The summed E-state index contributed by atoms with van der Waals surface area (Å²) < 4.78 is 118. The molecule has 35 heavy (non-hydrogen) atoms. The van der Waals surface area contributed by atoms with Gasteiger partial charge in [-0.05, 0) is 44.4 Å². The van der Waals surface area contributed by atoms with Gasteiger partial charge in [0.25, 0.3) is 0 Å². The van der Waals surface area contributed by atoms with Crippen molar-refractivity contribution < 1.29 is 43.9 Å². The molecule has 9 nitrogen and oxygen atoms in total. The first-order chi connectivity index (χ1) is 16.2. The lowest BCUT2D eigenvalue weighted by Gasteiger charge is -2.42. The minimum atomic E-state index is -5.41. The molecule has 3 rings (SSSR count). The summed E-state index contributed by atoms with van der Waals surface area (Å²) in [6.45, 7) is -1.72. The number of alkyl halides is 7. The van der Waals surface area contributed by atoms with Gasteiger partial charge in [-0.25, -0.2) is 12.8 Å². The third kappa shape index (κ3) is 8.62. The number of piperidine rings is 1.